The van der Waals surface area contributed by atoms with Crippen LogP contribution in [0.4, 0.5) is 4.79 Å². The van der Waals surface area contributed by atoms with E-state index in [4.69, 9.17) is 11.6 Å². The first kappa shape index (κ1) is 10.3. The van der Waals surface area contributed by atoms with Gasteiger partial charge in [-0.1, -0.05) is 6.92 Å². The predicted octanol–water partition coefficient (Wildman–Crippen LogP) is 0.994. The Balaban J connectivity index is 2.29. The number of amides is 3. The average molecular weight is 205 g/mol. The highest BCUT2D eigenvalue weighted by atomic mass is 35.5. The number of rotatable bonds is 3. The minimum atomic E-state index is -0.467. The predicted molar refractivity (Wildman–Crippen MR) is 49.7 cm³/mol. The molecule has 4 nitrogen and oxygen atoms in total. The van der Waals surface area contributed by atoms with Gasteiger partial charge in [0.05, 0.1) is 0 Å². The number of urea groups is 1. The van der Waals surface area contributed by atoms with Gasteiger partial charge < -0.3 is 5.32 Å². The molecule has 5 heteroatoms. The maximum Gasteiger partial charge on any atom is 0.321 e. The number of hydrogen-bond donors (Lipinski definition) is 2. The van der Waals surface area contributed by atoms with Crippen molar-refractivity contribution in [3.05, 3.63) is 0 Å². The van der Waals surface area contributed by atoms with Crippen LogP contribution in [-0.2, 0) is 4.79 Å². The van der Waals surface area contributed by atoms with Crippen LogP contribution in [0.25, 0.3) is 0 Å². The van der Waals surface area contributed by atoms with Gasteiger partial charge in [-0.3, -0.25) is 10.1 Å². The zero-order valence-corrected chi connectivity index (χ0v) is 8.28. The monoisotopic (exact) mass is 204 g/mol. The quantitative estimate of drug-likeness (QED) is 0.674. The highest BCUT2D eigenvalue weighted by Crippen LogP contribution is 2.38. The Morgan fingerprint density at radius 2 is 2.08 bits per heavy atom. The minimum absolute atomic E-state index is 0.0589. The number of carbonyl (C=O) groups excluding carboxylic acids is 2. The van der Waals surface area contributed by atoms with Gasteiger partial charge in [0, 0.05) is 5.54 Å². The number of halogens is 1. The molecule has 0 aromatic heterocycles. The van der Waals surface area contributed by atoms with E-state index in [0.29, 0.717) is 0 Å². The summed E-state index contributed by atoms with van der Waals surface area (Å²) in [5.41, 5.74) is -0.0589. The van der Waals surface area contributed by atoms with E-state index in [1.165, 1.54) is 0 Å². The molecule has 0 spiro atoms. The summed E-state index contributed by atoms with van der Waals surface area (Å²) in [6.07, 6.45) is 2.88. The molecule has 0 unspecified atom stereocenters. The zero-order valence-electron chi connectivity index (χ0n) is 7.52. The molecule has 74 valence electrons. The normalized spacial score (nSPS) is 17.7. The van der Waals surface area contributed by atoms with Gasteiger partial charge >= 0.3 is 6.03 Å². The Kier molecular flexibility index (Phi) is 3.14. The zero-order chi connectivity index (χ0) is 9.90. The third-order valence-electron chi connectivity index (χ3n) is 2.28. The molecular formula is C8H13ClN2O2. The van der Waals surface area contributed by atoms with Crippen molar-refractivity contribution in [3.8, 4) is 0 Å². The van der Waals surface area contributed by atoms with Crippen LogP contribution in [0.5, 0.6) is 0 Å². The largest absolute Gasteiger partial charge is 0.332 e. The van der Waals surface area contributed by atoms with Crippen molar-refractivity contribution in [3.63, 3.8) is 0 Å². The van der Waals surface area contributed by atoms with Gasteiger partial charge in [0.2, 0.25) is 5.91 Å². The van der Waals surface area contributed by atoms with Gasteiger partial charge in [-0.25, -0.2) is 4.79 Å². The molecule has 1 fully saturated rings. The van der Waals surface area contributed by atoms with E-state index in [1.54, 1.807) is 0 Å². The Morgan fingerprint density at radius 1 is 1.46 bits per heavy atom. The molecule has 0 radical (unpaired) electrons. The van der Waals surface area contributed by atoms with Crippen molar-refractivity contribution in [2.75, 3.05) is 5.88 Å². The molecule has 0 saturated heterocycles. The lowest BCUT2D eigenvalue weighted by Crippen LogP contribution is -2.46. The van der Waals surface area contributed by atoms with Crippen molar-refractivity contribution in [2.45, 2.75) is 31.7 Å². The van der Waals surface area contributed by atoms with E-state index in [-0.39, 0.29) is 11.4 Å². The Hall–Kier alpha value is -0.770. The van der Waals surface area contributed by atoms with Crippen LogP contribution in [0.1, 0.15) is 26.2 Å². The lowest BCUT2D eigenvalue weighted by molar-refractivity contribution is -0.117. The minimum Gasteiger partial charge on any atom is -0.332 e. The van der Waals surface area contributed by atoms with Crippen LogP contribution >= 0.6 is 11.6 Å². The summed E-state index contributed by atoms with van der Waals surface area (Å²) in [5.74, 6) is -0.655. The fourth-order valence-corrected chi connectivity index (χ4v) is 1.22. The Labute approximate surface area is 82.0 Å². The second-order valence-electron chi connectivity index (χ2n) is 3.27. The Morgan fingerprint density at radius 3 is 2.46 bits per heavy atom. The fourth-order valence-electron chi connectivity index (χ4n) is 1.15. The topological polar surface area (TPSA) is 58.2 Å². The summed E-state index contributed by atoms with van der Waals surface area (Å²) in [7, 11) is 0. The molecule has 0 bridgehead atoms. The molecule has 0 atom stereocenters. The lowest BCUT2D eigenvalue weighted by atomic mass is 10.2. The second-order valence-corrected chi connectivity index (χ2v) is 3.54. The molecule has 1 aliphatic carbocycles. The smallest absolute Gasteiger partial charge is 0.321 e. The second kappa shape index (κ2) is 3.96. The number of alkyl halides is 1. The van der Waals surface area contributed by atoms with E-state index in [2.05, 4.69) is 10.6 Å². The average Bonchev–Trinajstić information content (AvgIpc) is 2.85. The summed E-state index contributed by atoms with van der Waals surface area (Å²) in [5, 5.41) is 4.89. The first-order valence-electron chi connectivity index (χ1n) is 4.30. The number of carbonyl (C=O) groups is 2. The van der Waals surface area contributed by atoms with Gasteiger partial charge in [-0.05, 0) is 19.3 Å². The van der Waals surface area contributed by atoms with Gasteiger partial charge in [0.25, 0.3) is 0 Å². The van der Waals surface area contributed by atoms with E-state index in [9.17, 15) is 9.59 Å². The lowest BCUT2D eigenvalue weighted by Gasteiger charge is -2.14. The van der Waals surface area contributed by atoms with Gasteiger partial charge in [0.1, 0.15) is 5.88 Å². The van der Waals surface area contributed by atoms with Crippen molar-refractivity contribution in [2.24, 2.45) is 0 Å². The highest BCUT2D eigenvalue weighted by molar-refractivity contribution is 6.28. The summed E-state index contributed by atoms with van der Waals surface area (Å²) in [4.78, 5) is 21.8. The molecule has 1 rings (SSSR count). The third kappa shape index (κ3) is 2.88. The maximum absolute atomic E-state index is 11.1. The first-order valence-corrected chi connectivity index (χ1v) is 4.83. The maximum atomic E-state index is 11.1. The van der Waals surface area contributed by atoms with Crippen molar-refractivity contribution >= 4 is 23.5 Å². The van der Waals surface area contributed by atoms with Crippen LogP contribution < -0.4 is 10.6 Å². The van der Waals surface area contributed by atoms with Gasteiger partial charge in [0.15, 0.2) is 0 Å². The molecule has 0 aromatic carbocycles. The van der Waals surface area contributed by atoms with Crippen molar-refractivity contribution in [1.29, 1.82) is 0 Å². The van der Waals surface area contributed by atoms with Gasteiger partial charge in [-0.2, -0.15) is 0 Å². The summed E-state index contributed by atoms with van der Waals surface area (Å²) in [6.45, 7) is 2.01. The summed E-state index contributed by atoms with van der Waals surface area (Å²) in [6, 6.07) is -0.440. The Bertz CT molecular complexity index is 226. The van der Waals surface area contributed by atoms with Crippen LogP contribution in [-0.4, -0.2) is 23.4 Å². The molecule has 0 heterocycles. The molecule has 1 aliphatic rings. The van der Waals surface area contributed by atoms with Crippen LogP contribution in [0.3, 0.4) is 0 Å². The molecule has 3 amide bonds. The van der Waals surface area contributed by atoms with E-state index in [0.717, 1.165) is 19.3 Å². The molecule has 13 heavy (non-hydrogen) atoms. The standard InChI is InChI=1S/C8H13ClN2O2/c1-2-8(3-4-8)11-7(13)10-6(12)5-9/h2-5H2,1H3,(H2,10,11,12,13). The van der Waals surface area contributed by atoms with Crippen LogP contribution in [0.15, 0.2) is 0 Å². The number of hydrogen-bond acceptors (Lipinski definition) is 2. The van der Waals surface area contributed by atoms with E-state index in [1.807, 2.05) is 6.92 Å². The number of imide groups is 1. The highest BCUT2D eigenvalue weighted by Gasteiger charge is 2.42. The number of nitrogens with one attached hydrogen (secondary N) is 2. The molecule has 1 saturated carbocycles. The molecule has 0 aromatic rings. The fraction of sp³-hybridized carbons (Fsp3) is 0.750. The van der Waals surface area contributed by atoms with Crippen molar-refractivity contribution < 1.29 is 9.59 Å². The van der Waals surface area contributed by atoms with E-state index >= 15 is 0 Å². The molecule has 2 N–H and O–H groups in total. The van der Waals surface area contributed by atoms with Crippen LogP contribution in [0, 0.1) is 0 Å². The molecular weight excluding hydrogens is 192 g/mol. The third-order valence-corrected chi connectivity index (χ3v) is 2.53. The summed E-state index contributed by atoms with van der Waals surface area (Å²) < 4.78 is 0. The SMILES string of the molecule is CCC1(NC(=O)NC(=O)CCl)CC1. The first-order chi connectivity index (χ1) is 6.12. The van der Waals surface area contributed by atoms with Crippen molar-refractivity contribution in [1.82, 2.24) is 10.6 Å². The molecule has 0 aliphatic heterocycles. The van der Waals surface area contributed by atoms with E-state index < -0.39 is 11.9 Å². The van der Waals surface area contributed by atoms with Crippen LogP contribution in [0.2, 0.25) is 0 Å². The van der Waals surface area contributed by atoms with Gasteiger partial charge in [-0.15, -0.1) is 11.6 Å². The summed E-state index contributed by atoms with van der Waals surface area (Å²) >= 11 is 5.22.